The molecule has 0 saturated carbocycles. The number of benzene rings is 1. The molecule has 0 radical (unpaired) electrons. The Labute approximate surface area is 123 Å². The lowest BCUT2D eigenvalue weighted by atomic mass is 10.1. The molecule has 21 heavy (non-hydrogen) atoms. The molecule has 0 bridgehead atoms. The highest BCUT2D eigenvalue weighted by Gasteiger charge is 2.24. The molecule has 7 heteroatoms. The molecule has 0 aliphatic carbocycles. The zero-order chi connectivity index (χ0) is 15.4. The SMILES string of the molecule is CCOC(=O)N1CCN(c2cc(N)ccc2C(N)=O)CC1. The molecule has 1 saturated heterocycles. The van der Waals surface area contributed by atoms with Crippen molar-refractivity contribution in [2.75, 3.05) is 43.4 Å². The van der Waals surface area contributed by atoms with Gasteiger partial charge < -0.3 is 26.0 Å². The van der Waals surface area contributed by atoms with Crippen LogP contribution in [0.1, 0.15) is 17.3 Å². The van der Waals surface area contributed by atoms with Crippen molar-refractivity contribution < 1.29 is 14.3 Å². The summed E-state index contributed by atoms with van der Waals surface area (Å²) in [6, 6.07) is 5.02. The van der Waals surface area contributed by atoms with Crippen LogP contribution in [0.5, 0.6) is 0 Å². The van der Waals surface area contributed by atoms with Gasteiger partial charge in [0.1, 0.15) is 0 Å². The van der Waals surface area contributed by atoms with Crippen molar-refractivity contribution in [1.29, 1.82) is 0 Å². The molecule has 0 aromatic heterocycles. The first-order chi connectivity index (χ1) is 10.0. The van der Waals surface area contributed by atoms with Crippen molar-refractivity contribution in [3.63, 3.8) is 0 Å². The van der Waals surface area contributed by atoms with E-state index < -0.39 is 5.91 Å². The topological polar surface area (TPSA) is 102 Å². The molecule has 2 amide bonds. The maximum absolute atomic E-state index is 11.7. The Morgan fingerprint density at radius 3 is 2.48 bits per heavy atom. The summed E-state index contributed by atoms with van der Waals surface area (Å²) in [6.45, 7) is 4.41. The Balaban J connectivity index is 2.10. The molecule has 1 aromatic carbocycles. The monoisotopic (exact) mass is 292 g/mol. The van der Waals surface area contributed by atoms with Crippen LogP contribution in [0, 0.1) is 0 Å². The first-order valence-corrected chi connectivity index (χ1v) is 6.89. The number of hydrogen-bond acceptors (Lipinski definition) is 5. The van der Waals surface area contributed by atoms with E-state index in [1.807, 2.05) is 4.90 Å². The van der Waals surface area contributed by atoms with Crippen LogP contribution in [0.25, 0.3) is 0 Å². The van der Waals surface area contributed by atoms with Crippen LogP contribution in [-0.4, -0.2) is 49.7 Å². The van der Waals surface area contributed by atoms with E-state index in [2.05, 4.69) is 0 Å². The molecule has 1 aliphatic rings. The third-order valence-corrected chi connectivity index (χ3v) is 3.43. The van der Waals surface area contributed by atoms with Gasteiger partial charge in [0.2, 0.25) is 0 Å². The minimum absolute atomic E-state index is 0.306. The van der Waals surface area contributed by atoms with Gasteiger partial charge in [0, 0.05) is 31.9 Å². The van der Waals surface area contributed by atoms with Gasteiger partial charge in [0.05, 0.1) is 17.9 Å². The van der Waals surface area contributed by atoms with Crippen molar-refractivity contribution >= 4 is 23.4 Å². The number of nitrogen functional groups attached to an aromatic ring is 1. The van der Waals surface area contributed by atoms with Gasteiger partial charge in [-0.1, -0.05) is 0 Å². The largest absolute Gasteiger partial charge is 0.450 e. The molecular weight excluding hydrogens is 272 g/mol. The summed E-state index contributed by atoms with van der Waals surface area (Å²) < 4.78 is 4.98. The smallest absolute Gasteiger partial charge is 0.409 e. The number of amides is 2. The van der Waals surface area contributed by atoms with Crippen LogP contribution in [0.2, 0.25) is 0 Å². The maximum Gasteiger partial charge on any atom is 0.409 e. The summed E-state index contributed by atoms with van der Waals surface area (Å²) in [4.78, 5) is 26.8. The highest BCUT2D eigenvalue weighted by Crippen LogP contribution is 2.24. The number of nitrogens with two attached hydrogens (primary N) is 2. The zero-order valence-corrected chi connectivity index (χ0v) is 12.0. The minimum atomic E-state index is -0.488. The van der Waals surface area contributed by atoms with Crippen LogP contribution < -0.4 is 16.4 Å². The average Bonchev–Trinajstić information content (AvgIpc) is 2.47. The summed E-state index contributed by atoms with van der Waals surface area (Å²) in [5.74, 6) is -0.488. The van der Waals surface area contributed by atoms with Gasteiger partial charge in [-0.15, -0.1) is 0 Å². The molecular formula is C14H20N4O3. The Kier molecular flexibility index (Phi) is 4.52. The van der Waals surface area contributed by atoms with E-state index in [4.69, 9.17) is 16.2 Å². The van der Waals surface area contributed by atoms with Crippen LogP contribution in [-0.2, 0) is 4.74 Å². The van der Waals surface area contributed by atoms with E-state index in [0.29, 0.717) is 49.7 Å². The number of anilines is 2. The molecule has 0 unspecified atom stereocenters. The number of carbonyl (C=O) groups is 2. The second-order valence-corrected chi connectivity index (χ2v) is 4.81. The Morgan fingerprint density at radius 1 is 1.24 bits per heavy atom. The third kappa shape index (κ3) is 3.36. The van der Waals surface area contributed by atoms with Gasteiger partial charge in [0.15, 0.2) is 0 Å². The lowest BCUT2D eigenvalue weighted by Crippen LogP contribution is -2.49. The fraction of sp³-hybridized carbons (Fsp3) is 0.429. The Hall–Kier alpha value is -2.44. The summed E-state index contributed by atoms with van der Waals surface area (Å²) >= 11 is 0. The van der Waals surface area contributed by atoms with Crippen molar-refractivity contribution in [3.8, 4) is 0 Å². The van der Waals surface area contributed by atoms with Gasteiger partial charge in [-0.3, -0.25) is 4.79 Å². The molecule has 1 aliphatic heterocycles. The van der Waals surface area contributed by atoms with Gasteiger partial charge in [0.25, 0.3) is 5.91 Å². The van der Waals surface area contributed by atoms with E-state index in [0.717, 1.165) is 0 Å². The molecule has 1 fully saturated rings. The molecule has 4 N–H and O–H groups in total. The number of primary amides is 1. The highest BCUT2D eigenvalue weighted by molar-refractivity contribution is 5.99. The highest BCUT2D eigenvalue weighted by atomic mass is 16.6. The maximum atomic E-state index is 11.7. The van der Waals surface area contributed by atoms with E-state index in [-0.39, 0.29) is 6.09 Å². The summed E-state index contributed by atoms with van der Waals surface area (Å²) in [6.07, 6.45) is -0.306. The van der Waals surface area contributed by atoms with Crippen molar-refractivity contribution in [3.05, 3.63) is 23.8 Å². The van der Waals surface area contributed by atoms with Crippen LogP contribution in [0.4, 0.5) is 16.2 Å². The molecule has 2 rings (SSSR count). The third-order valence-electron chi connectivity index (χ3n) is 3.43. The Morgan fingerprint density at radius 2 is 1.90 bits per heavy atom. The van der Waals surface area contributed by atoms with Gasteiger partial charge >= 0.3 is 6.09 Å². The first kappa shape index (κ1) is 15.0. The number of piperazine rings is 1. The van der Waals surface area contributed by atoms with E-state index in [9.17, 15) is 9.59 Å². The number of rotatable bonds is 3. The van der Waals surface area contributed by atoms with Crippen molar-refractivity contribution in [1.82, 2.24) is 4.90 Å². The molecule has 0 atom stereocenters. The van der Waals surface area contributed by atoms with Crippen molar-refractivity contribution in [2.24, 2.45) is 5.73 Å². The Bertz CT molecular complexity index is 539. The summed E-state index contributed by atoms with van der Waals surface area (Å²) in [7, 11) is 0. The van der Waals surface area contributed by atoms with Crippen LogP contribution >= 0.6 is 0 Å². The first-order valence-electron chi connectivity index (χ1n) is 6.89. The van der Waals surface area contributed by atoms with Gasteiger partial charge in [-0.2, -0.15) is 0 Å². The lowest BCUT2D eigenvalue weighted by Gasteiger charge is -2.36. The standard InChI is InChI=1S/C14H20N4O3/c1-2-21-14(20)18-7-5-17(6-8-18)12-9-10(15)3-4-11(12)13(16)19/h3-4,9H,2,5-8,15H2,1H3,(H2,16,19). The van der Waals surface area contributed by atoms with E-state index >= 15 is 0 Å². The predicted molar refractivity (Wildman–Crippen MR) is 80.2 cm³/mol. The summed E-state index contributed by atoms with van der Waals surface area (Å²) in [5.41, 5.74) is 12.9. The molecule has 0 spiro atoms. The van der Waals surface area contributed by atoms with E-state index in [1.54, 1.807) is 30.0 Å². The van der Waals surface area contributed by atoms with Gasteiger partial charge in [-0.25, -0.2) is 4.79 Å². The summed E-state index contributed by atoms with van der Waals surface area (Å²) in [5, 5.41) is 0. The lowest BCUT2D eigenvalue weighted by molar-refractivity contribution is 0.0995. The second kappa shape index (κ2) is 6.34. The van der Waals surface area contributed by atoms with Crippen LogP contribution in [0.3, 0.4) is 0 Å². The molecule has 7 nitrogen and oxygen atoms in total. The number of ether oxygens (including phenoxy) is 1. The quantitative estimate of drug-likeness (QED) is 0.796. The number of carbonyl (C=O) groups excluding carboxylic acids is 2. The molecule has 114 valence electrons. The normalized spacial score (nSPS) is 14.9. The average molecular weight is 292 g/mol. The zero-order valence-electron chi connectivity index (χ0n) is 12.0. The molecule has 1 aromatic rings. The minimum Gasteiger partial charge on any atom is -0.450 e. The number of nitrogens with zero attached hydrogens (tertiary/aromatic N) is 2. The number of hydrogen-bond donors (Lipinski definition) is 2. The van der Waals surface area contributed by atoms with Gasteiger partial charge in [-0.05, 0) is 25.1 Å². The van der Waals surface area contributed by atoms with E-state index in [1.165, 1.54) is 0 Å². The molecule has 1 heterocycles. The fourth-order valence-electron chi connectivity index (χ4n) is 2.36. The predicted octanol–water partition coefficient (Wildman–Crippen LogP) is 0.646. The second-order valence-electron chi connectivity index (χ2n) is 4.81. The van der Waals surface area contributed by atoms with Crippen molar-refractivity contribution in [2.45, 2.75) is 6.92 Å². The fourth-order valence-corrected chi connectivity index (χ4v) is 2.36. The van der Waals surface area contributed by atoms with Crippen LogP contribution in [0.15, 0.2) is 18.2 Å².